The standard InChI is InChI=1S/C21H21N2O3PS2/c1-22(2)13-5-7-15-18(11-13)28-19-12-14(23(3)4)6-8-16(19)21(15)17-9-10-20(29-17)27(24,25)26/h5-12H,1-4H3,(H-,24,25,26)/p+1. The molecular weight excluding hydrogens is 423 g/mol. The Bertz CT molecular complexity index is 1310. The van der Waals surface area contributed by atoms with Crippen LogP contribution in [0.1, 0.15) is 0 Å². The molecule has 0 amide bonds. The minimum Gasteiger partial charge on any atom is -0.378 e. The third-order valence-corrected chi connectivity index (χ3v) is 8.58. The van der Waals surface area contributed by atoms with Crippen LogP contribution < -0.4 is 19.5 Å². The van der Waals surface area contributed by atoms with Crippen LogP contribution in [0.15, 0.2) is 48.5 Å². The molecule has 1 aliphatic heterocycles. The zero-order valence-corrected chi connectivity index (χ0v) is 19.1. The summed E-state index contributed by atoms with van der Waals surface area (Å²) in [4.78, 5) is 23.2. The summed E-state index contributed by atoms with van der Waals surface area (Å²) in [6, 6.07) is 16.1. The molecule has 0 unspecified atom stereocenters. The molecule has 0 saturated heterocycles. The Morgan fingerprint density at radius 2 is 1.69 bits per heavy atom. The molecule has 2 aliphatic rings. The second kappa shape index (κ2) is 7.35. The summed E-state index contributed by atoms with van der Waals surface area (Å²) >= 11 is 2.90. The Hall–Kier alpha value is -2.02. The molecule has 0 spiro atoms. The molecule has 8 heteroatoms. The third-order valence-electron chi connectivity index (χ3n) is 4.85. The summed E-state index contributed by atoms with van der Waals surface area (Å²) in [5.74, 6) is 0. The Balaban J connectivity index is 2.10. The van der Waals surface area contributed by atoms with Gasteiger partial charge in [-0.3, -0.25) is 4.57 Å². The molecule has 0 fully saturated rings. The van der Waals surface area contributed by atoms with Crippen molar-refractivity contribution in [3.8, 4) is 20.9 Å². The van der Waals surface area contributed by atoms with E-state index in [1.54, 1.807) is 11.3 Å². The predicted molar refractivity (Wildman–Crippen MR) is 125 cm³/mol. The van der Waals surface area contributed by atoms with E-state index in [0.29, 0.717) is 0 Å². The molecule has 5 nitrogen and oxygen atoms in total. The van der Waals surface area contributed by atoms with Gasteiger partial charge in [-0.2, -0.15) is 0 Å². The van der Waals surface area contributed by atoms with Crippen LogP contribution in [0.5, 0.6) is 0 Å². The van der Waals surface area contributed by atoms with Gasteiger partial charge in [-0.25, -0.2) is 4.58 Å². The first-order valence-electron chi connectivity index (χ1n) is 9.00. The maximum absolute atomic E-state index is 11.7. The highest BCUT2D eigenvalue weighted by Crippen LogP contribution is 2.46. The van der Waals surface area contributed by atoms with Crippen LogP contribution in [-0.4, -0.2) is 38.0 Å². The molecule has 2 aromatic rings. The number of thiophene rings is 1. The number of anilines is 1. The SMILES string of the molecule is CN(C)c1ccc2c(-c3ccc(P(=O)(O)O)s3)c3ccc(=[N+](C)C)cc-3sc2c1. The number of nitrogens with zero attached hydrogens (tertiary/aromatic N) is 2. The minimum atomic E-state index is -4.27. The number of benzene rings is 2. The van der Waals surface area contributed by atoms with Crippen molar-refractivity contribution in [1.29, 1.82) is 0 Å². The van der Waals surface area contributed by atoms with Crippen LogP contribution in [0, 0.1) is 0 Å². The summed E-state index contributed by atoms with van der Waals surface area (Å²) in [6.07, 6.45) is 0. The molecule has 150 valence electrons. The maximum atomic E-state index is 11.7. The van der Waals surface area contributed by atoms with E-state index in [4.69, 9.17) is 0 Å². The van der Waals surface area contributed by atoms with Crippen LogP contribution in [0.4, 0.5) is 5.69 Å². The Labute approximate surface area is 177 Å². The first-order valence-corrected chi connectivity index (χ1v) is 12.2. The molecule has 2 N–H and O–H groups in total. The molecule has 1 aromatic carbocycles. The molecule has 2 heterocycles. The second-order valence-electron chi connectivity index (χ2n) is 7.31. The summed E-state index contributed by atoms with van der Waals surface area (Å²) in [6.45, 7) is 0. The normalized spacial score (nSPS) is 11.9. The lowest BCUT2D eigenvalue weighted by atomic mass is 10.00. The van der Waals surface area contributed by atoms with E-state index in [-0.39, 0.29) is 4.62 Å². The van der Waals surface area contributed by atoms with Crippen LogP contribution in [0.25, 0.3) is 31.0 Å². The number of fused-ring (bicyclic) bond motifs is 2. The van der Waals surface area contributed by atoms with Gasteiger partial charge >= 0.3 is 7.60 Å². The van der Waals surface area contributed by atoms with Crippen LogP contribution >= 0.6 is 30.3 Å². The van der Waals surface area contributed by atoms with Crippen molar-refractivity contribution in [1.82, 2.24) is 4.58 Å². The molecule has 0 bridgehead atoms. The quantitative estimate of drug-likeness (QED) is 0.287. The average molecular weight is 446 g/mol. The van der Waals surface area contributed by atoms with Gasteiger partial charge in [0.25, 0.3) is 0 Å². The van der Waals surface area contributed by atoms with Crippen molar-refractivity contribution >= 4 is 50.7 Å². The van der Waals surface area contributed by atoms with Crippen molar-refractivity contribution in [3.63, 3.8) is 0 Å². The lowest BCUT2D eigenvalue weighted by molar-refractivity contribution is 0.388. The number of rotatable bonds is 3. The van der Waals surface area contributed by atoms with Crippen molar-refractivity contribution in [3.05, 3.63) is 53.9 Å². The van der Waals surface area contributed by atoms with Gasteiger partial charge in [0, 0.05) is 62.9 Å². The van der Waals surface area contributed by atoms with Crippen LogP contribution in [-0.2, 0) is 4.57 Å². The van der Waals surface area contributed by atoms with Gasteiger partial charge in [0.05, 0.1) is 0 Å². The molecule has 0 atom stereocenters. The van der Waals surface area contributed by atoms with E-state index < -0.39 is 7.60 Å². The minimum absolute atomic E-state index is 0.0937. The highest BCUT2D eigenvalue weighted by atomic mass is 32.1. The Morgan fingerprint density at radius 1 is 0.931 bits per heavy atom. The third kappa shape index (κ3) is 3.77. The fraction of sp³-hybridized carbons (Fsp3) is 0.190. The van der Waals surface area contributed by atoms with Gasteiger partial charge in [-0.15, -0.1) is 22.7 Å². The highest BCUT2D eigenvalue weighted by molar-refractivity contribution is 7.67. The number of hydrogen-bond acceptors (Lipinski definition) is 4. The predicted octanol–water partition coefficient (Wildman–Crippen LogP) is 3.64. The zero-order valence-electron chi connectivity index (χ0n) is 16.6. The van der Waals surface area contributed by atoms with Crippen molar-refractivity contribution in [2.75, 3.05) is 33.1 Å². The zero-order chi connectivity index (χ0) is 20.9. The summed E-state index contributed by atoms with van der Waals surface area (Å²) in [5, 5.41) is 2.20. The molecular formula is C21H22N2O3PS2+. The Morgan fingerprint density at radius 3 is 2.31 bits per heavy atom. The van der Waals surface area contributed by atoms with Gasteiger partial charge in [-0.1, -0.05) is 6.07 Å². The second-order valence-corrected chi connectivity index (χ2v) is 11.3. The van der Waals surface area contributed by atoms with E-state index in [1.165, 1.54) is 6.07 Å². The molecule has 1 aromatic heterocycles. The molecule has 0 radical (unpaired) electrons. The Kier molecular flexibility index (Phi) is 5.13. The van der Waals surface area contributed by atoms with Crippen LogP contribution in [0.3, 0.4) is 0 Å². The van der Waals surface area contributed by atoms with Gasteiger partial charge < -0.3 is 14.7 Å². The lowest BCUT2D eigenvalue weighted by Gasteiger charge is -2.17. The van der Waals surface area contributed by atoms with Gasteiger partial charge in [0.2, 0.25) is 5.36 Å². The molecule has 4 rings (SSSR count). The van der Waals surface area contributed by atoms with Gasteiger partial charge in [-0.05, 0) is 30.3 Å². The molecule has 1 aliphatic carbocycles. The lowest BCUT2D eigenvalue weighted by Crippen LogP contribution is -2.21. The summed E-state index contributed by atoms with van der Waals surface area (Å²) in [7, 11) is 3.80. The van der Waals surface area contributed by atoms with E-state index >= 15 is 0 Å². The molecule has 0 saturated carbocycles. The van der Waals surface area contributed by atoms with E-state index in [0.717, 1.165) is 53.3 Å². The van der Waals surface area contributed by atoms with Crippen molar-refractivity contribution in [2.24, 2.45) is 0 Å². The largest absolute Gasteiger partial charge is 0.378 e. The average Bonchev–Trinajstić information content (AvgIpc) is 3.15. The van der Waals surface area contributed by atoms with E-state index in [9.17, 15) is 14.4 Å². The first kappa shape index (κ1) is 20.3. The summed E-state index contributed by atoms with van der Waals surface area (Å²) in [5.41, 5.74) is 3.23. The number of hydrogen-bond donors (Lipinski definition) is 2. The maximum Gasteiger partial charge on any atom is 0.366 e. The topological polar surface area (TPSA) is 63.8 Å². The van der Waals surface area contributed by atoms with E-state index in [1.807, 2.05) is 34.3 Å². The van der Waals surface area contributed by atoms with Gasteiger partial charge in [0.1, 0.15) is 18.7 Å². The molecule has 29 heavy (non-hydrogen) atoms. The highest BCUT2D eigenvalue weighted by Gasteiger charge is 2.23. The van der Waals surface area contributed by atoms with Crippen molar-refractivity contribution < 1.29 is 14.4 Å². The van der Waals surface area contributed by atoms with Crippen LogP contribution in [0.2, 0.25) is 0 Å². The monoisotopic (exact) mass is 445 g/mol. The van der Waals surface area contributed by atoms with Gasteiger partial charge in [0.15, 0.2) is 0 Å². The smallest absolute Gasteiger partial charge is 0.366 e. The first-order chi connectivity index (χ1) is 13.6. The van der Waals surface area contributed by atoms with E-state index in [2.05, 4.69) is 45.9 Å². The summed E-state index contributed by atoms with van der Waals surface area (Å²) < 4.78 is 15.0. The fourth-order valence-corrected chi connectivity index (χ4v) is 6.32. The van der Waals surface area contributed by atoms with Crippen molar-refractivity contribution in [2.45, 2.75) is 0 Å². The fourth-order valence-electron chi connectivity index (χ4n) is 3.31.